The van der Waals surface area contributed by atoms with Crippen molar-refractivity contribution >= 4 is 17.7 Å². The number of rotatable bonds is 6. The van der Waals surface area contributed by atoms with Crippen LogP contribution in [0.4, 0.5) is 0 Å². The molecular weight excluding hydrogens is 366 g/mol. The molecule has 29 heavy (non-hydrogen) atoms. The van der Waals surface area contributed by atoms with E-state index in [4.69, 9.17) is 0 Å². The Bertz CT molecular complexity index is 707. The molecule has 6 nitrogen and oxygen atoms in total. The van der Waals surface area contributed by atoms with E-state index < -0.39 is 0 Å². The molecular formula is C23H33N3O3. The summed E-state index contributed by atoms with van der Waals surface area (Å²) < 4.78 is 0. The highest BCUT2D eigenvalue weighted by atomic mass is 16.2. The van der Waals surface area contributed by atoms with E-state index in [1.165, 1.54) is 0 Å². The van der Waals surface area contributed by atoms with Crippen LogP contribution in [0.15, 0.2) is 30.3 Å². The molecule has 6 heteroatoms. The Morgan fingerprint density at radius 1 is 1.00 bits per heavy atom. The number of nitrogens with zero attached hydrogens (tertiary/aromatic N) is 2. The zero-order chi connectivity index (χ0) is 20.6. The van der Waals surface area contributed by atoms with Gasteiger partial charge in [-0.3, -0.25) is 14.4 Å². The molecule has 158 valence electrons. The number of nitrogens with one attached hydrogen (secondary N) is 1. The molecule has 2 atom stereocenters. The predicted molar refractivity (Wildman–Crippen MR) is 112 cm³/mol. The fourth-order valence-electron chi connectivity index (χ4n) is 4.37. The lowest BCUT2D eigenvalue weighted by atomic mass is 9.94. The van der Waals surface area contributed by atoms with E-state index in [9.17, 15) is 14.4 Å². The highest BCUT2D eigenvalue weighted by Crippen LogP contribution is 2.22. The minimum Gasteiger partial charge on any atom is -0.352 e. The number of likely N-dealkylation sites (tertiary alicyclic amines) is 2. The number of piperidine rings is 2. The van der Waals surface area contributed by atoms with Gasteiger partial charge in [-0.1, -0.05) is 37.3 Å². The summed E-state index contributed by atoms with van der Waals surface area (Å²) in [5.41, 5.74) is 1.01. The molecule has 0 radical (unpaired) electrons. The van der Waals surface area contributed by atoms with Crippen LogP contribution in [-0.4, -0.2) is 59.7 Å². The van der Waals surface area contributed by atoms with Crippen molar-refractivity contribution in [1.29, 1.82) is 0 Å². The molecule has 0 saturated carbocycles. The van der Waals surface area contributed by atoms with Crippen LogP contribution in [0.5, 0.6) is 0 Å². The Morgan fingerprint density at radius 3 is 2.48 bits per heavy atom. The van der Waals surface area contributed by atoms with Gasteiger partial charge in [0.25, 0.3) is 0 Å². The van der Waals surface area contributed by atoms with Gasteiger partial charge in [-0.25, -0.2) is 0 Å². The van der Waals surface area contributed by atoms with E-state index in [-0.39, 0.29) is 29.7 Å². The quantitative estimate of drug-likeness (QED) is 0.798. The smallest absolute Gasteiger partial charge is 0.227 e. The first kappa shape index (κ1) is 21.3. The second-order valence-corrected chi connectivity index (χ2v) is 8.28. The summed E-state index contributed by atoms with van der Waals surface area (Å²) in [7, 11) is 0. The summed E-state index contributed by atoms with van der Waals surface area (Å²) in [6.45, 7) is 4.55. The normalized spacial score (nSPS) is 22.2. The summed E-state index contributed by atoms with van der Waals surface area (Å²) in [6, 6.07) is 9.80. The maximum absolute atomic E-state index is 13.1. The molecule has 3 rings (SSSR count). The zero-order valence-electron chi connectivity index (χ0n) is 17.4. The van der Waals surface area contributed by atoms with Gasteiger partial charge in [0, 0.05) is 38.6 Å². The van der Waals surface area contributed by atoms with Gasteiger partial charge in [0.1, 0.15) is 0 Å². The van der Waals surface area contributed by atoms with E-state index in [0.717, 1.165) is 50.8 Å². The first-order valence-electron chi connectivity index (χ1n) is 11.0. The number of benzene rings is 1. The third-order valence-electron chi connectivity index (χ3n) is 5.90. The van der Waals surface area contributed by atoms with Crippen LogP contribution in [0.25, 0.3) is 0 Å². The van der Waals surface area contributed by atoms with E-state index in [1.54, 1.807) is 0 Å². The van der Waals surface area contributed by atoms with Crippen LogP contribution < -0.4 is 5.32 Å². The molecule has 3 amide bonds. The summed E-state index contributed by atoms with van der Waals surface area (Å²) in [5.74, 6) is 0.171. The second-order valence-electron chi connectivity index (χ2n) is 8.28. The zero-order valence-corrected chi connectivity index (χ0v) is 17.4. The van der Waals surface area contributed by atoms with Crippen molar-refractivity contribution < 1.29 is 14.4 Å². The van der Waals surface area contributed by atoms with Crippen molar-refractivity contribution in [3.8, 4) is 0 Å². The van der Waals surface area contributed by atoms with E-state index in [0.29, 0.717) is 25.9 Å². The molecule has 2 unspecified atom stereocenters. The summed E-state index contributed by atoms with van der Waals surface area (Å²) in [4.78, 5) is 41.5. The van der Waals surface area contributed by atoms with Crippen molar-refractivity contribution in [3.05, 3.63) is 35.9 Å². The minimum absolute atomic E-state index is 0.0474. The van der Waals surface area contributed by atoms with Crippen LogP contribution >= 0.6 is 0 Å². The third kappa shape index (κ3) is 6.05. The van der Waals surface area contributed by atoms with Crippen LogP contribution in [0.3, 0.4) is 0 Å². The Morgan fingerprint density at radius 2 is 1.72 bits per heavy atom. The number of amides is 3. The van der Waals surface area contributed by atoms with Crippen molar-refractivity contribution in [1.82, 2.24) is 15.1 Å². The number of hydrogen-bond donors (Lipinski definition) is 1. The first-order valence-corrected chi connectivity index (χ1v) is 11.0. The lowest BCUT2D eigenvalue weighted by Gasteiger charge is -2.38. The summed E-state index contributed by atoms with van der Waals surface area (Å²) >= 11 is 0. The maximum Gasteiger partial charge on any atom is 0.227 e. The van der Waals surface area contributed by atoms with Crippen LogP contribution in [0, 0.1) is 5.92 Å². The molecule has 2 fully saturated rings. The SMILES string of the molecule is CCCC(=O)NC1CCCN(C(=O)C2CCCN(C(=O)Cc3ccccc3)C2)C1. The van der Waals surface area contributed by atoms with Gasteiger partial charge in [-0.05, 0) is 37.7 Å². The molecule has 1 aromatic rings. The van der Waals surface area contributed by atoms with E-state index >= 15 is 0 Å². The Hall–Kier alpha value is -2.37. The fourth-order valence-corrected chi connectivity index (χ4v) is 4.37. The summed E-state index contributed by atoms with van der Waals surface area (Å²) in [6.07, 6.45) is 5.27. The average molecular weight is 400 g/mol. The topological polar surface area (TPSA) is 69.7 Å². The van der Waals surface area contributed by atoms with Crippen LogP contribution in [0.2, 0.25) is 0 Å². The van der Waals surface area contributed by atoms with Gasteiger partial charge in [0.2, 0.25) is 17.7 Å². The van der Waals surface area contributed by atoms with Crippen molar-refractivity contribution in [2.45, 2.75) is 57.9 Å². The molecule has 2 aliphatic rings. The Balaban J connectivity index is 1.53. The number of carbonyl (C=O) groups excluding carboxylic acids is 3. The predicted octanol–water partition coefficient (Wildman–Crippen LogP) is 2.38. The minimum atomic E-state index is -0.131. The van der Waals surface area contributed by atoms with Gasteiger partial charge >= 0.3 is 0 Å². The van der Waals surface area contributed by atoms with Crippen LogP contribution in [-0.2, 0) is 20.8 Å². The summed E-state index contributed by atoms with van der Waals surface area (Å²) in [5, 5.41) is 3.06. The average Bonchev–Trinajstić information content (AvgIpc) is 2.74. The first-order chi connectivity index (χ1) is 14.1. The molecule has 0 spiro atoms. The Kier molecular flexibility index (Phi) is 7.67. The molecule has 1 aromatic carbocycles. The molecule has 0 aliphatic carbocycles. The lowest BCUT2D eigenvalue weighted by Crippen LogP contribution is -2.53. The fraction of sp³-hybridized carbons (Fsp3) is 0.609. The van der Waals surface area contributed by atoms with Gasteiger partial charge in [-0.2, -0.15) is 0 Å². The van der Waals surface area contributed by atoms with Crippen molar-refractivity contribution in [3.63, 3.8) is 0 Å². The maximum atomic E-state index is 13.1. The molecule has 1 N–H and O–H groups in total. The number of carbonyl (C=O) groups is 3. The van der Waals surface area contributed by atoms with Gasteiger partial charge in [0.15, 0.2) is 0 Å². The standard InChI is InChI=1S/C23H33N3O3/c1-2-8-21(27)24-20-12-7-14-26(17-20)23(29)19-11-6-13-25(16-19)22(28)15-18-9-4-3-5-10-18/h3-5,9-10,19-20H,2,6-8,11-17H2,1H3,(H,24,27). The molecule has 0 bridgehead atoms. The van der Waals surface area contributed by atoms with Gasteiger partial charge < -0.3 is 15.1 Å². The van der Waals surface area contributed by atoms with Crippen molar-refractivity contribution in [2.24, 2.45) is 5.92 Å². The highest BCUT2D eigenvalue weighted by molar-refractivity contribution is 5.82. The molecule has 2 aliphatic heterocycles. The molecule has 2 saturated heterocycles. The third-order valence-corrected chi connectivity index (χ3v) is 5.90. The molecule has 2 heterocycles. The van der Waals surface area contributed by atoms with Gasteiger partial charge in [-0.15, -0.1) is 0 Å². The second kappa shape index (κ2) is 10.4. The van der Waals surface area contributed by atoms with E-state index in [2.05, 4.69) is 5.32 Å². The monoisotopic (exact) mass is 399 g/mol. The highest BCUT2D eigenvalue weighted by Gasteiger charge is 2.33. The van der Waals surface area contributed by atoms with Crippen molar-refractivity contribution in [2.75, 3.05) is 26.2 Å². The Labute approximate surface area is 173 Å². The largest absolute Gasteiger partial charge is 0.352 e. The van der Waals surface area contributed by atoms with E-state index in [1.807, 2.05) is 47.1 Å². The molecule has 0 aromatic heterocycles. The van der Waals surface area contributed by atoms with Gasteiger partial charge in [0.05, 0.1) is 12.3 Å². The number of hydrogen-bond acceptors (Lipinski definition) is 3. The van der Waals surface area contributed by atoms with Crippen LogP contribution in [0.1, 0.15) is 51.0 Å². The lowest BCUT2D eigenvalue weighted by molar-refractivity contribution is -0.142.